The van der Waals surface area contributed by atoms with E-state index in [-0.39, 0.29) is 0 Å². The second-order valence-corrected chi connectivity index (χ2v) is 13.6. The van der Waals surface area contributed by atoms with Crippen LogP contribution in [0.2, 0.25) is 0 Å². The van der Waals surface area contributed by atoms with Crippen molar-refractivity contribution in [1.29, 1.82) is 0 Å². The summed E-state index contributed by atoms with van der Waals surface area (Å²) in [5.41, 5.74) is 1.36. The summed E-state index contributed by atoms with van der Waals surface area (Å²) in [5, 5.41) is 18.5. The quantitative estimate of drug-likeness (QED) is 0.164. The highest BCUT2D eigenvalue weighted by atomic mass is 32.1. The van der Waals surface area contributed by atoms with Crippen LogP contribution in [0.3, 0.4) is 0 Å². The first kappa shape index (κ1) is 25.1. The van der Waals surface area contributed by atoms with E-state index in [9.17, 15) is 19.8 Å². The molecular formula is C27H22O4S5. The molecule has 5 heterocycles. The van der Waals surface area contributed by atoms with Crippen molar-refractivity contribution in [2.75, 3.05) is 0 Å². The van der Waals surface area contributed by atoms with Gasteiger partial charge in [-0.3, -0.25) is 0 Å². The number of carbonyl (C=O) groups is 2. The van der Waals surface area contributed by atoms with Crippen molar-refractivity contribution in [3.05, 3.63) is 69.9 Å². The smallest absolute Gasteiger partial charge is 0.345 e. The Balaban J connectivity index is 1.46. The third-order valence-electron chi connectivity index (χ3n) is 5.66. The van der Waals surface area contributed by atoms with Crippen molar-refractivity contribution < 1.29 is 19.8 Å². The predicted octanol–water partition coefficient (Wildman–Crippen LogP) is 9.79. The van der Waals surface area contributed by atoms with Crippen LogP contribution < -0.4 is 0 Å². The summed E-state index contributed by atoms with van der Waals surface area (Å²) in [6.07, 6.45) is 4.54. The largest absolute Gasteiger partial charge is 0.477 e. The summed E-state index contributed by atoms with van der Waals surface area (Å²) in [5.74, 6) is -1.78. The van der Waals surface area contributed by atoms with Crippen LogP contribution in [0.4, 0.5) is 0 Å². The van der Waals surface area contributed by atoms with Crippen LogP contribution in [0.15, 0.2) is 54.6 Å². The average Bonchev–Trinajstić information content (AvgIpc) is 3.66. The minimum Gasteiger partial charge on any atom is -0.477 e. The molecule has 2 N–H and O–H groups in total. The summed E-state index contributed by atoms with van der Waals surface area (Å²) in [6, 6.07) is 17.9. The molecule has 0 unspecified atom stereocenters. The molecule has 0 bridgehead atoms. The Morgan fingerprint density at radius 1 is 0.611 bits per heavy atom. The highest BCUT2D eigenvalue weighted by molar-refractivity contribution is 7.30. The summed E-state index contributed by atoms with van der Waals surface area (Å²) >= 11 is 7.82. The van der Waals surface area contributed by atoms with E-state index < -0.39 is 11.9 Å². The lowest BCUT2D eigenvalue weighted by molar-refractivity contribution is 0.0691. The van der Waals surface area contributed by atoms with Gasteiger partial charge in [-0.15, -0.1) is 56.7 Å². The molecule has 0 aliphatic carbocycles. The van der Waals surface area contributed by atoms with Gasteiger partial charge in [0.2, 0.25) is 0 Å². The molecule has 0 amide bonds. The number of hydrogen-bond donors (Lipinski definition) is 2. The van der Waals surface area contributed by atoms with Crippen molar-refractivity contribution in [2.45, 2.75) is 32.6 Å². The van der Waals surface area contributed by atoms with E-state index in [1.165, 1.54) is 60.6 Å². The molecule has 5 aromatic heterocycles. The fourth-order valence-electron chi connectivity index (χ4n) is 3.88. The Hall–Kier alpha value is -2.56. The molecule has 0 aliphatic rings. The van der Waals surface area contributed by atoms with Gasteiger partial charge >= 0.3 is 11.9 Å². The second kappa shape index (κ2) is 10.8. The van der Waals surface area contributed by atoms with Crippen LogP contribution in [0, 0.1) is 0 Å². The van der Waals surface area contributed by atoms with Gasteiger partial charge in [0, 0.05) is 39.0 Å². The standard InChI is InChI=1S/C27H22O4S5/c1-2-3-4-5-15-14-24(20-7-6-16(32-20)18-9-12-22(34-18)26(28)29)36-25(15)21-11-8-17(33-21)19-10-13-23(35-19)27(30)31/h6-14H,2-5H2,1H3,(H,28,29)(H,30,31). The van der Waals surface area contributed by atoms with Gasteiger partial charge in [0.15, 0.2) is 0 Å². The van der Waals surface area contributed by atoms with Gasteiger partial charge in [-0.1, -0.05) is 19.8 Å². The van der Waals surface area contributed by atoms with E-state index in [2.05, 4.69) is 37.3 Å². The summed E-state index contributed by atoms with van der Waals surface area (Å²) in [4.78, 5) is 32.3. The van der Waals surface area contributed by atoms with Crippen LogP contribution >= 0.6 is 56.7 Å². The molecule has 0 radical (unpaired) electrons. The molecule has 0 atom stereocenters. The topological polar surface area (TPSA) is 74.6 Å². The fraction of sp³-hybridized carbons (Fsp3) is 0.185. The molecule has 0 aliphatic heterocycles. The van der Waals surface area contributed by atoms with E-state index in [4.69, 9.17) is 0 Å². The van der Waals surface area contributed by atoms with Crippen molar-refractivity contribution in [3.8, 4) is 39.0 Å². The van der Waals surface area contributed by atoms with Crippen molar-refractivity contribution in [2.24, 2.45) is 0 Å². The number of hydrogen-bond acceptors (Lipinski definition) is 7. The number of carboxylic acid groups (broad SMARTS) is 2. The molecule has 5 aromatic rings. The summed E-state index contributed by atoms with van der Waals surface area (Å²) in [7, 11) is 0. The van der Waals surface area contributed by atoms with Crippen molar-refractivity contribution in [3.63, 3.8) is 0 Å². The van der Waals surface area contributed by atoms with Gasteiger partial charge in [0.25, 0.3) is 0 Å². The Labute approximate surface area is 228 Å². The molecule has 0 spiro atoms. The lowest BCUT2D eigenvalue weighted by Gasteiger charge is -2.01. The summed E-state index contributed by atoms with van der Waals surface area (Å²) in [6.45, 7) is 2.21. The van der Waals surface area contributed by atoms with E-state index in [1.54, 1.807) is 46.1 Å². The number of aryl methyl sites for hydroxylation is 1. The van der Waals surface area contributed by atoms with E-state index in [1.807, 2.05) is 12.1 Å². The van der Waals surface area contributed by atoms with Gasteiger partial charge in [0.05, 0.1) is 0 Å². The van der Waals surface area contributed by atoms with Crippen LogP contribution in [0.1, 0.15) is 51.1 Å². The fourth-order valence-corrected chi connectivity index (χ4v) is 9.19. The summed E-state index contributed by atoms with van der Waals surface area (Å²) < 4.78 is 0. The molecule has 0 saturated carbocycles. The van der Waals surface area contributed by atoms with E-state index >= 15 is 0 Å². The normalized spacial score (nSPS) is 11.2. The Bertz CT molecular complexity index is 1530. The maximum absolute atomic E-state index is 11.3. The molecule has 9 heteroatoms. The molecule has 0 saturated heterocycles. The van der Waals surface area contributed by atoms with Gasteiger partial charge in [0.1, 0.15) is 9.75 Å². The molecule has 0 aromatic carbocycles. The average molecular weight is 571 g/mol. The maximum Gasteiger partial charge on any atom is 0.345 e. The number of aromatic carboxylic acids is 2. The molecule has 5 rings (SSSR count). The van der Waals surface area contributed by atoms with Gasteiger partial charge < -0.3 is 10.2 Å². The number of unbranched alkanes of at least 4 members (excludes halogenated alkanes) is 2. The minimum absolute atomic E-state index is 0.353. The molecule has 0 fully saturated rings. The van der Waals surface area contributed by atoms with Gasteiger partial charge in [-0.25, -0.2) is 9.59 Å². The third kappa shape index (κ3) is 5.26. The first-order valence-corrected chi connectivity index (χ1v) is 15.5. The Kier molecular flexibility index (Phi) is 7.55. The Morgan fingerprint density at radius 3 is 1.61 bits per heavy atom. The number of thiophene rings is 5. The van der Waals surface area contributed by atoms with Crippen LogP contribution in [0.5, 0.6) is 0 Å². The highest BCUT2D eigenvalue weighted by Gasteiger charge is 2.18. The van der Waals surface area contributed by atoms with Crippen molar-refractivity contribution in [1.82, 2.24) is 0 Å². The van der Waals surface area contributed by atoms with Crippen LogP contribution in [-0.4, -0.2) is 22.2 Å². The lowest BCUT2D eigenvalue weighted by Crippen LogP contribution is -1.89. The van der Waals surface area contributed by atoms with Gasteiger partial charge in [-0.05, 0) is 73.0 Å². The van der Waals surface area contributed by atoms with E-state index in [0.717, 1.165) is 32.4 Å². The van der Waals surface area contributed by atoms with Gasteiger partial charge in [-0.2, -0.15) is 0 Å². The monoisotopic (exact) mass is 570 g/mol. The van der Waals surface area contributed by atoms with Crippen LogP contribution in [0.25, 0.3) is 39.0 Å². The first-order chi connectivity index (χ1) is 17.4. The number of rotatable bonds is 10. The molecule has 4 nitrogen and oxygen atoms in total. The zero-order chi connectivity index (χ0) is 25.2. The van der Waals surface area contributed by atoms with E-state index in [0.29, 0.717) is 9.75 Å². The maximum atomic E-state index is 11.3. The first-order valence-electron chi connectivity index (χ1n) is 11.4. The lowest BCUT2D eigenvalue weighted by atomic mass is 10.1. The molecule has 184 valence electrons. The minimum atomic E-state index is -0.889. The SMILES string of the molecule is CCCCCc1cc(-c2ccc(-c3ccc(C(=O)O)s3)s2)sc1-c1ccc(-c2ccc(C(=O)O)s2)s1. The molecular weight excluding hydrogens is 549 g/mol. The van der Waals surface area contributed by atoms with Crippen molar-refractivity contribution >= 4 is 68.6 Å². The third-order valence-corrected chi connectivity index (χ3v) is 11.9. The second-order valence-electron chi connectivity index (χ2n) is 8.19. The Morgan fingerprint density at radius 2 is 1.08 bits per heavy atom. The highest BCUT2D eigenvalue weighted by Crippen LogP contribution is 2.47. The molecule has 36 heavy (non-hydrogen) atoms. The number of carboxylic acids is 2. The predicted molar refractivity (Wildman–Crippen MR) is 155 cm³/mol. The zero-order valence-corrected chi connectivity index (χ0v) is 23.4. The van der Waals surface area contributed by atoms with Crippen LogP contribution in [-0.2, 0) is 6.42 Å². The zero-order valence-electron chi connectivity index (χ0n) is 19.3.